The summed E-state index contributed by atoms with van der Waals surface area (Å²) in [4.78, 5) is 5.43. The maximum Gasteiger partial charge on any atom is 0.256 e. The molecule has 4 saturated carbocycles. The smallest absolute Gasteiger partial charge is 0.256 e. The highest BCUT2D eigenvalue weighted by Gasteiger charge is 2.53. The van der Waals surface area contributed by atoms with Crippen LogP contribution in [-0.2, 0) is 11.4 Å². The first-order chi connectivity index (χ1) is 11.0. The quantitative estimate of drug-likeness (QED) is 0.512. The summed E-state index contributed by atoms with van der Waals surface area (Å²) in [7, 11) is 0. The summed E-state index contributed by atoms with van der Waals surface area (Å²) in [6.07, 6.45) is 7.76. The zero-order valence-corrected chi connectivity index (χ0v) is 14.0. The molecule has 0 amide bonds. The molecule has 2 N–H and O–H groups in total. The zero-order chi connectivity index (χ0) is 16.0. The van der Waals surface area contributed by atoms with Crippen molar-refractivity contribution in [3.05, 3.63) is 11.8 Å². The third-order valence-corrected chi connectivity index (χ3v) is 5.91. The van der Waals surface area contributed by atoms with E-state index in [4.69, 9.17) is 15.0 Å². The van der Waals surface area contributed by atoms with Gasteiger partial charge in [0.15, 0.2) is 6.61 Å². The Hall–Kier alpha value is -1.59. The molecule has 1 heterocycles. The van der Waals surface area contributed by atoms with Crippen molar-refractivity contribution < 1.29 is 9.25 Å². The van der Waals surface area contributed by atoms with Gasteiger partial charge in [0.05, 0.1) is 0 Å². The largest absolute Gasteiger partial charge is 0.421 e. The maximum atomic E-state index is 6.35. The van der Waals surface area contributed by atoms with Gasteiger partial charge in [0.2, 0.25) is 5.89 Å². The Morgan fingerprint density at radius 3 is 2.35 bits per heavy atom. The van der Waals surface area contributed by atoms with Gasteiger partial charge in [0, 0.05) is 11.3 Å². The fourth-order valence-electron chi connectivity index (χ4n) is 5.24. The van der Waals surface area contributed by atoms with Gasteiger partial charge in [-0.2, -0.15) is 0 Å². The second kappa shape index (κ2) is 5.49. The van der Waals surface area contributed by atoms with Crippen LogP contribution in [0.3, 0.4) is 0 Å². The topological polar surface area (TPSA) is 86.5 Å². The van der Waals surface area contributed by atoms with Crippen molar-refractivity contribution in [1.29, 1.82) is 0 Å². The zero-order valence-electron chi connectivity index (χ0n) is 14.0. The van der Waals surface area contributed by atoms with E-state index >= 15 is 0 Å². The molecule has 0 aliphatic heterocycles. The molecule has 1 aromatic rings. The molecule has 1 aromatic heterocycles. The van der Waals surface area contributed by atoms with Crippen molar-refractivity contribution in [2.75, 3.05) is 0 Å². The minimum atomic E-state index is 0.0900. The average molecular weight is 318 g/mol. The van der Waals surface area contributed by atoms with E-state index in [0.29, 0.717) is 17.6 Å². The molecule has 4 aliphatic carbocycles. The SMILES string of the molecule is CC(C)c1nnc(CON=C(N)C23CC4CC(CC(C4)C2)C3)o1. The number of hydrogen-bond acceptors (Lipinski definition) is 5. The Balaban J connectivity index is 1.40. The number of rotatable bonds is 5. The summed E-state index contributed by atoms with van der Waals surface area (Å²) in [5.41, 5.74) is 6.44. The summed E-state index contributed by atoms with van der Waals surface area (Å²) < 4.78 is 5.52. The van der Waals surface area contributed by atoms with Gasteiger partial charge in [-0.3, -0.25) is 0 Å². The first kappa shape index (κ1) is 15.0. The Morgan fingerprint density at radius 2 is 1.83 bits per heavy atom. The molecule has 0 aromatic carbocycles. The summed E-state index contributed by atoms with van der Waals surface area (Å²) >= 11 is 0. The fourth-order valence-corrected chi connectivity index (χ4v) is 5.24. The van der Waals surface area contributed by atoms with Crippen molar-refractivity contribution in [1.82, 2.24) is 10.2 Å². The van der Waals surface area contributed by atoms with E-state index in [0.717, 1.165) is 17.8 Å². The van der Waals surface area contributed by atoms with Crippen LogP contribution >= 0.6 is 0 Å². The van der Waals surface area contributed by atoms with E-state index in [1.165, 1.54) is 38.5 Å². The van der Waals surface area contributed by atoms with Crippen LogP contribution < -0.4 is 5.73 Å². The third kappa shape index (κ3) is 2.72. The Labute approximate surface area is 136 Å². The van der Waals surface area contributed by atoms with Gasteiger partial charge >= 0.3 is 0 Å². The lowest BCUT2D eigenvalue weighted by Gasteiger charge is -2.56. The lowest BCUT2D eigenvalue weighted by atomic mass is 9.49. The standard InChI is InChI=1S/C17H26N4O2/c1-10(2)15-20-19-14(23-15)9-22-21-16(18)17-6-11-3-12(7-17)5-13(4-11)8-17/h10-13H,3-9H2,1-2H3,(H2,18,21). The highest BCUT2D eigenvalue weighted by Crippen LogP contribution is 2.60. The molecule has 23 heavy (non-hydrogen) atoms. The van der Waals surface area contributed by atoms with Crippen molar-refractivity contribution in [3.63, 3.8) is 0 Å². The molecule has 4 aliphatic rings. The van der Waals surface area contributed by atoms with Crippen LogP contribution in [0.4, 0.5) is 0 Å². The molecule has 6 nitrogen and oxygen atoms in total. The molecule has 0 atom stereocenters. The van der Waals surface area contributed by atoms with Crippen LogP contribution in [0.25, 0.3) is 0 Å². The van der Waals surface area contributed by atoms with E-state index < -0.39 is 0 Å². The lowest BCUT2D eigenvalue weighted by Crippen LogP contribution is -2.52. The van der Waals surface area contributed by atoms with E-state index in [1.54, 1.807) is 0 Å². The van der Waals surface area contributed by atoms with Crippen LogP contribution in [0.15, 0.2) is 9.57 Å². The monoisotopic (exact) mass is 318 g/mol. The molecular formula is C17H26N4O2. The first-order valence-electron chi connectivity index (χ1n) is 8.82. The van der Waals surface area contributed by atoms with Gasteiger partial charge in [-0.15, -0.1) is 10.2 Å². The summed E-state index contributed by atoms with van der Waals surface area (Å²) in [6, 6.07) is 0. The molecule has 0 saturated heterocycles. The predicted molar refractivity (Wildman–Crippen MR) is 85.4 cm³/mol. The molecule has 6 heteroatoms. The van der Waals surface area contributed by atoms with Crippen molar-refractivity contribution >= 4 is 5.84 Å². The Kier molecular flexibility index (Phi) is 3.58. The van der Waals surface area contributed by atoms with Crippen LogP contribution in [0.5, 0.6) is 0 Å². The van der Waals surface area contributed by atoms with Crippen LogP contribution in [0.2, 0.25) is 0 Å². The highest BCUT2D eigenvalue weighted by molar-refractivity contribution is 5.86. The minimum absolute atomic E-state index is 0.0900. The van der Waals surface area contributed by atoms with E-state index in [1.807, 2.05) is 13.8 Å². The molecule has 0 unspecified atom stereocenters. The number of hydrogen-bond donors (Lipinski definition) is 1. The van der Waals surface area contributed by atoms with Gasteiger partial charge in [0.25, 0.3) is 5.89 Å². The van der Waals surface area contributed by atoms with Gasteiger partial charge in [-0.1, -0.05) is 19.0 Å². The van der Waals surface area contributed by atoms with E-state index in [9.17, 15) is 0 Å². The first-order valence-corrected chi connectivity index (χ1v) is 8.82. The van der Waals surface area contributed by atoms with Gasteiger partial charge < -0.3 is 15.0 Å². The van der Waals surface area contributed by atoms with E-state index in [-0.39, 0.29) is 17.9 Å². The molecule has 126 valence electrons. The van der Waals surface area contributed by atoms with Crippen molar-refractivity contribution in [2.24, 2.45) is 34.1 Å². The molecule has 0 spiro atoms. The second-order valence-electron chi connectivity index (χ2n) is 8.14. The van der Waals surface area contributed by atoms with Gasteiger partial charge in [0.1, 0.15) is 5.84 Å². The van der Waals surface area contributed by atoms with Crippen LogP contribution in [0, 0.1) is 23.2 Å². The third-order valence-electron chi connectivity index (χ3n) is 5.91. The van der Waals surface area contributed by atoms with Crippen molar-refractivity contribution in [2.45, 2.75) is 64.9 Å². The van der Waals surface area contributed by atoms with Crippen LogP contribution in [0.1, 0.15) is 70.1 Å². The maximum absolute atomic E-state index is 6.35. The fraction of sp³-hybridized carbons (Fsp3) is 0.824. The highest BCUT2D eigenvalue weighted by atomic mass is 16.6. The Morgan fingerprint density at radius 1 is 1.22 bits per heavy atom. The molecular weight excluding hydrogens is 292 g/mol. The molecule has 5 rings (SSSR count). The summed E-state index contributed by atoms with van der Waals surface area (Å²) in [5.74, 6) is 4.52. The number of nitrogens with two attached hydrogens (primary N) is 1. The number of oxime groups is 1. The van der Waals surface area contributed by atoms with Crippen LogP contribution in [-0.4, -0.2) is 16.0 Å². The second-order valence-corrected chi connectivity index (χ2v) is 8.14. The predicted octanol–water partition coefficient (Wildman–Crippen LogP) is 3.20. The number of nitrogens with zero attached hydrogens (tertiary/aromatic N) is 3. The molecule has 4 fully saturated rings. The summed E-state index contributed by atoms with van der Waals surface area (Å²) in [6.45, 7) is 4.22. The Bertz CT molecular complexity index is 572. The average Bonchev–Trinajstić information content (AvgIpc) is 2.95. The lowest BCUT2D eigenvalue weighted by molar-refractivity contribution is -0.0162. The van der Waals surface area contributed by atoms with Crippen molar-refractivity contribution in [3.8, 4) is 0 Å². The molecule has 4 bridgehead atoms. The minimum Gasteiger partial charge on any atom is -0.421 e. The summed E-state index contributed by atoms with van der Waals surface area (Å²) in [5, 5.41) is 12.2. The number of aromatic nitrogens is 2. The number of amidine groups is 1. The molecule has 0 radical (unpaired) electrons. The van der Waals surface area contributed by atoms with Gasteiger partial charge in [-0.05, 0) is 56.3 Å². The van der Waals surface area contributed by atoms with E-state index in [2.05, 4.69) is 15.4 Å². The van der Waals surface area contributed by atoms with Gasteiger partial charge in [-0.25, -0.2) is 0 Å². The normalized spacial score (nSPS) is 36.0.